The third kappa shape index (κ3) is 4.34. The minimum absolute atomic E-state index is 0.0753. The van der Waals surface area contributed by atoms with E-state index < -0.39 is 0 Å². The summed E-state index contributed by atoms with van der Waals surface area (Å²) in [6.07, 6.45) is 3.03. The van der Waals surface area contributed by atoms with Crippen molar-refractivity contribution in [1.82, 2.24) is 19.9 Å². The maximum Gasteiger partial charge on any atom is 0.257 e. The van der Waals surface area contributed by atoms with Crippen LogP contribution in [0.3, 0.4) is 0 Å². The fraction of sp³-hybridized carbons (Fsp3) is 0.304. The van der Waals surface area contributed by atoms with E-state index in [1.165, 1.54) is 0 Å². The number of aromatic nitrogens is 3. The first kappa shape index (κ1) is 20.7. The summed E-state index contributed by atoms with van der Waals surface area (Å²) in [7, 11) is 1.58. The number of amides is 1. The van der Waals surface area contributed by atoms with Gasteiger partial charge in [-0.1, -0.05) is 12.1 Å². The number of aryl methyl sites for hydroxylation is 2. The van der Waals surface area contributed by atoms with Gasteiger partial charge in [0.25, 0.3) is 5.91 Å². The lowest BCUT2D eigenvalue weighted by molar-refractivity contribution is -0.0248. The SMILES string of the molecule is COc1c(C)cccc1C(=O)N1CCO[C@@H](c2cc(-c3cnc(N)nc3)cc(C)n2)C1. The molecule has 1 fully saturated rings. The standard InChI is InChI=1S/C23H25N5O3/c1-14-5-4-6-18(21(14)30-3)22(29)28-7-8-31-20(13-28)19-10-16(9-15(2)27-19)17-11-25-23(24)26-12-17/h4-6,9-12,20H,7-8,13H2,1-3H3,(H2,24,25,26)/t20-/m1/s1. The van der Waals surface area contributed by atoms with Gasteiger partial charge in [0.05, 0.1) is 31.5 Å². The maximum absolute atomic E-state index is 13.2. The Labute approximate surface area is 181 Å². The molecule has 0 spiro atoms. The molecule has 3 heterocycles. The molecule has 8 heteroatoms. The lowest BCUT2D eigenvalue weighted by Crippen LogP contribution is -2.42. The Morgan fingerprint density at radius 1 is 1.19 bits per heavy atom. The zero-order valence-electron chi connectivity index (χ0n) is 17.8. The summed E-state index contributed by atoms with van der Waals surface area (Å²) in [6.45, 7) is 5.20. The van der Waals surface area contributed by atoms with Crippen LogP contribution >= 0.6 is 0 Å². The number of pyridine rings is 1. The molecule has 2 N–H and O–H groups in total. The number of hydrogen-bond donors (Lipinski definition) is 1. The van der Waals surface area contributed by atoms with Crippen LogP contribution in [0.15, 0.2) is 42.7 Å². The van der Waals surface area contributed by atoms with Crippen LogP contribution in [0.5, 0.6) is 5.75 Å². The van der Waals surface area contributed by atoms with E-state index >= 15 is 0 Å². The first-order chi connectivity index (χ1) is 15.0. The Kier molecular flexibility index (Phi) is 5.81. The number of benzene rings is 1. The van der Waals surface area contributed by atoms with Gasteiger partial charge in [-0.15, -0.1) is 0 Å². The number of methoxy groups -OCH3 is 1. The fourth-order valence-electron chi connectivity index (χ4n) is 3.79. The zero-order valence-corrected chi connectivity index (χ0v) is 17.8. The second kappa shape index (κ2) is 8.69. The van der Waals surface area contributed by atoms with Gasteiger partial charge >= 0.3 is 0 Å². The highest BCUT2D eigenvalue weighted by molar-refractivity contribution is 5.97. The van der Waals surface area contributed by atoms with Gasteiger partial charge in [0, 0.05) is 30.2 Å². The molecule has 4 rings (SSSR count). The summed E-state index contributed by atoms with van der Waals surface area (Å²) >= 11 is 0. The Hall–Kier alpha value is -3.52. The van der Waals surface area contributed by atoms with E-state index in [4.69, 9.17) is 15.2 Å². The summed E-state index contributed by atoms with van der Waals surface area (Å²) in [6, 6.07) is 9.50. The van der Waals surface area contributed by atoms with Gasteiger partial charge in [0.2, 0.25) is 5.95 Å². The van der Waals surface area contributed by atoms with Crippen molar-refractivity contribution in [3.8, 4) is 16.9 Å². The summed E-state index contributed by atoms with van der Waals surface area (Å²) in [4.78, 5) is 27.8. The van der Waals surface area contributed by atoms with Crippen LogP contribution in [-0.2, 0) is 4.74 Å². The van der Waals surface area contributed by atoms with Crippen LogP contribution in [-0.4, -0.2) is 52.6 Å². The number of hydrogen-bond acceptors (Lipinski definition) is 7. The van der Waals surface area contributed by atoms with Gasteiger partial charge < -0.3 is 20.1 Å². The Morgan fingerprint density at radius 3 is 2.71 bits per heavy atom. The highest BCUT2D eigenvalue weighted by atomic mass is 16.5. The van der Waals surface area contributed by atoms with Crippen LogP contribution in [0.2, 0.25) is 0 Å². The number of ether oxygens (including phenoxy) is 2. The molecule has 2 aromatic heterocycles. The minimum Gasteiger partial charge on any atom is -0.496 e. The average Bonchev–Trinajstić information content (AvgIpc) is 2.78. The molecule has 0 saturated carbocycles. The van der Waals surface area contributed by atoms with Crippen LogP contribution in [0.4, 0.5) is 5.95 Å². The van der Waals surface area contributed by atoms with Crippen LogP contribution in [0.1, 0.15) is 33.4 Å². The maximum atomic E-state index is 13.2. The fourth-order valence-corrected chi connectivity index (χ4v) is 3.79. The quantitative estimate of drug-likeness (QED) is 0.693. The molecule has 1 amide bonds. The predicted octanol–water partition coefficient (Wildman–Crippen LogP) is 2.96. The van der Waals surface area contributed by atoms with E-state index in [2.05, 4.69) is 15.0 Å². The first-order valence-electron chi connectivity index (χ1n) is 10.1. The van der Waals surface area contributed by atoms with Gasteiger partial charge in [-0.05, 0) is 43.2 Å². The first-order valence-corrected chi connectivity index (χ1v) is 10.1. The molecule has 1 saturated heterocycles. The second-order valence-corrected chi connectivity index (χ2v) is 7.52. The molecule has 1 aliphatic rings. The summed E-state index contributed by atoms with van der Waals surface area (Å²) in [5.41, 5.74) is 10.5. The third-order valence-corrected chi connectivity index (χ3v) is 5.31. The number of nitrogen functional groups attached to an aromatic ring is 1. The number of carbonyl (C=O) groups is 1. The Balaban J connectivity index is 1.60. The molecule has 31 heavy (non-hydrogen) atoms. The summed E-state index contributed by atoms with van der Waals surface area (Å²) in [5, 5.41) is 0. The predicted molar refractivity (Wildman–Crippen MR) is 117 cm³/mol. The van der Waals surface area contributed by atoms with Crippen molar-refractivity contribution in [2.75, 3.05) is 32.5 Å². The topological polar surface area (TPSA) is 103 Å². The van der Waals surface area contributed by atoms with Crippen LogP contribution < -0.4 is 10.5 Å². The molecule has 3 aromatic rings. The number of nitrogens with zero attached hydrogens (tertiary/aromatic N) is 4. The molecule has 0 bridgehead atoms. The molecule has 1 aromatic carbocycles. The monoisotopic (exact) mass is 419 g/mol. The van der Waals surface area contributed by atoms with Gasteiger partial charge in [0.1, 0.15) is 11.9 Å². The van der Waals surface area contributed by atoms with E-state index in [1.54, 1.807) is 30.5 Å². The highest BCUT2D eigenvalue weighted by Gasteiger charge is 2.29. The number of rotatable bonds is 4. The highest BCUT2D eigenvalue weighted by Crippen LogP contribution is 2.29. The largest absolute Gasteiger partial charge is 0.496 e. The Morgan fingerprint density at radius 2 is 1.97 bits per heavy atom. The van der Waals surface area contributed by atoms with E-state index in [1.807, 2.05) is 38.1 Å². The van der Waals surface area contributed by atoms with Crippen molar-refractivity contribution in [1.29, 1.82) is 0 Å². The number of morpholine rings is 1. The molecular formula is C23H25N5O3. The molecular weight excluding hydrogens is 394 g/mol. The molecule has 160 valence electrons. The van der Waals surface area contributed by atoms with Gasteiger partial charge in [-0.3, -0.25) is 9.78 Å². The number of para-hydroxylation sites is 1. The summed E-state index contributed by atoms with van der Waals surface area (Å²) < 4.78 is 11.5. The van der Waals surface area contributed by atoms with Crippen LogP contribution in [0.25, 0.3) is 11.1 Å². The number of anilines is 1. The average molecular weight is 419 g/mol. The van der Waals surface area contributed by atoms with E-state index in [-0.39, 0.29) is 18.0 Å². The molecule has 8 nitrogen and oxygen atoms in total. The van der Waals surface area contributed by atoms with Crippen LogP contribution in [0, 0.1) is 13.8 Å². The van der Waals surface area contributed by atoms with Gasteiger partial charge in [-0.25, -0.2) is 9.97 Å². The van der Waals surface area contributed by atoms with Gasteiger partial charge in [0.15, 0.2) is 0 Å². The van der Waals surface area contributed by atoms with E-state index in [0.29, 0.717) is 31.0 Å². The Bertz CT molecular complexity index is 1100. The van der Waals surface area contributed by atoms with Crippen molar-refractivity contribution in [2.24, 2.45) is 0 Å². The lowest BCUT2D eigenvalue weighted by Gasteiger charge is -2.33. The lowest BCUT2D eigenvalue weighted by atomic mass is 10.0. The normalized spacial score (nSPS) is 16.2. The van der Waals surface area contributed by atoms with E-state index in [9.17, 15) is 4.79 Å². The van der Waals surface area contributed by atoms with Crippen molar-refractivity contribution in [3.05, 3.63) is 65.2 Å². The smallest absolute Gasteiger partial charge is 0.257 e. The number of nitrogens with two attached hydrogens (primary N) is 1. The van der Waals surface area contributed by atoms with E-state index in [0.717, 1.165) is 28.1 Å². The van der Waals surface area contributed by atoms with Crippen molar-refractivity contribution in [3.63, 3.8) is 0 Å². The molecule has 1 aliphatic heterocycles. The molecule has 0 radical (unpaired) electrons. The van der Waals surface area contributed by atoms with Gasteiger partial charge in [-0.2, -0.15) is 0 Å². The molecule has 0 unspecified atom stereocenters. The molecule has 0 aliphatic carbocycles. The minimum atomic E-state index is -0.332. The number of carbonyl (C=O) groups excluding carboxylic acids is 1. The van der Waals surface area contributed by atoms with Crippen molar-refractivity contribution < 1.29 is 14.3 Å². The summed E-state index contributed by atoms with van der Waals surface area (Å²) in [5.74, 6) is 0.759. The third-order valence-electron chi connectivity index (χ3n) is 5.31. The van der Waals surface area contributed by atoms with Crippen molar-refractivity contribution in [2.45, 2.75) is 20.0 Å². The molecule has 1 atom stereocenters. The zero-order chi connectivity index (χ0) is 22.0. The van der Waals surface area contributed by atoms with Crippen molar-refractivity contribution >= 4 is 11.9 Å². The second-order valence-electron chi connectivity index (χ2n) is 7.52.